The van der Waals surface area contributed by atoms with E-state index in [0.29, 0.717) is 13.1 Å². The molecule has 0 bridgehead atoms. The molecule has 18 heteroatoms. The molecule has 15 nitrogen and oxygen atoms in total. The van der Waals surface area contributed by atoms with E-state index in [9.17, 15) is 25.3 Å². The summed E-state index contributed by atoms with van der Waals surface area (Å²) in [6.07, 6.45) is 0. The summed E-state index contributed by atoms with van der Waals surface area (Å²) >= 11 is 0. The van der Waals surface area contributed by atoms with Crippen molar-refractivity contribution >= 4 is 30.1 Å². The fraction of sp³-hybridized carbons (Fsp3) is 0.550. The largest absolute Gasteiger partial charge is 0.329 e. The molecule has 3 aromatic rings. The van der Waals surface area contributed by atoms with Crippen LogP contribution in [0.1, 0.15) is 16.7 Å². The molecule has 0 aromatic heterocycles. The van der Waals surface area contributed by atoms with Crippen LogP contribution in [0.3, 0.4) is 0 Å². The van der Waals surface area contributed by atoms with Crippen molar-refractivity contribution in [1.29, 1.82) is 0 Å². The number of hydrogen-bond donors (Lipinski definition) is 3. The van der Waals surface area contributed by atoms with E-state index in [-0.39, 0.29) is 54.0 Å². The van der Waals surface area contributed by atoms with E-state index in [2.05, 4.69) is 41.2 Å². The van der Waals surface area contributed by atoms with Crippen LogP contribution in [0.2, 0.25) is 0 Å². The minimum absolute atomic E-state index is 0.0632. The van der Waals surface area contributed by atoms with Gasteiger partial charge in [0.25, 0.3) is 0 Å². The van der Waals surface area contributed by atoms with Crippen LogP contribution in [-0.4, -0.2) is 179 Å². The Morgan fingerprint density at radius 1 is 0.414 bits per heavy atom. The molecule has 5 rings (SSSR count). The predicted octanol–water partition coefficient (Wildman–Crippen LogP) is 1.29. The topological polar surface area (TPSA) is 186 Å². The predicted molar refractivity (Wildman–Crippen MR) is 233 cm³/mol. The van der Waals surface area contributed by atoms with Crippen molar-refractivity contribution in [3.05, 3.63) is 89.5 Å². The van der Waals surface area contributed by atoms with Gasteiger partial charge in [-0.2, -0.15) is 12.9 Å². The number of sulfonamides is 3. The molecular formula is C40H67N9O6S3. The molecule has 2 saturated heterocycles. The van der Waals surface area contributed by atoms with Gasteiger partial charge in [-0.15, -0.1) is 0 Å². The highest BCUT2D eigenvalue weighted by molar-refractivity contribution is 7.90. The van der Waals surface area contributed by atoms with Gasteiger partial charge < -0.3 is 31.5 Å². The first kappa shape index (κ1) is 49.5. The van der Waals surface area contributed by atoms with E-state index in [1.54, 1.807) is 36.4 Å². The summed E-state index contributed by atoms with van der Waals surface area (Å²) in [6, 6.07) is 19.1. The molecule has 58 heavy (non-hydrogen) atoms. The summed E-state index contributed by atoms with van der Waals surface area (Å²) in [7, 11) is -5.46. The van der Waals surface area contributed by atoms with Crippen molar-refractivity contribution in [2.24, 2.45) is 11.5 Å². The SMILES string of the molecule is CN1CCN(C)CCN(C)CC1.Cc1ccc(S(=O)(=O)N2CCN(S(=O)(=O)c3ccc(C)cc3)CCN(S(=O)(=O)c3ccc(C)cc3)CC2)cc1.NCCNCCN. The van der Waals surface area contributed by atoms with Crippen LogP contribution in [0.25, 0.3) is 0 Å². The number of rotatable bonds is 10. The normalized spacial score (nSPS) is 18.2. The number of hydrogen-bond acceptors (Lipinski definition) is 12. The summed E-state index contributed by atoms with van der Waals surface area (Å²) in [6.45, 7) is 15.1. The summed E-state index contributed by atoms with van der Waals surface area (Å²) in [5.41, 5.74) is 13.0. The average molecular weight is 866 g/mol. The molecule has 2 aliphatic heterocycles. The van der Waals surface area contributed by atoms with Gasteiger partial charge in [0.05, 0.1) is 14.7 Å². The van der Waals surface area contributed by atoms with E-state index in [4.69, 9.17) is 11.5 Å². The Kier molecular flexibility index (Phi) is 20.3. The van der Waals surface area contributed by atoms with Crippen molar-refractivity contribution in [2.45, 2.75) is 35.5 Å². The quantitative estimate of drug-likeness (QED) is 0.249. The lowest BCUT2D eigenvalue weighted by atomic mass is 10.2. The summed E-state index contributed by atoms with van der Waals surface area (Å²) in [5.74, 6) is 0. The number of aryl methyl sites for hydroxylation is 3. The zero-order valence-corrected chi connectivity index (χ0v) is 37.7. The maximum atomic E-state index is 13.6. The monoisotopic (exact) mass is 865 g/mol. The summed E-state index contributed by atoms with van der Waals surface area (Å²) in [5, 5.41) is 3.03. The molecule has 0 atom stereocenters. The highest BCUT2D eigenvalue weighted by Gasteiger charge is 2.34. The van der Waals surface area contributed by atoms with Crippen molar-refractivity contribution in [1.82, 2.24) is 32.9 Å². The molecular weight excluding hydrogens is 799 g/mol. The molecule has 2 aliphatic rings. The van der Waals surface area contributed by atoms with Crippen LogP contribution >= 0.6 is 0 Å². The number of likely N-dealkylation sites (N-methyl/N-ethyl adjacent to an activating group) is 3. The molecule has 5 N–H and O–H groups in total. The summed E-state index contributed by atoms with van der Waals surface area (Å²) < 4.78 is 85.1. The smallest absolute Gasteiger partial charge is 0.243 e. The second-order valence-electron chi connectivity index (χ2n) is 14.9. The first-order chi connectivity index (χ1) is 27.4. The van der Waals surface area contributed by atoms with E-state index in [1.807, 2.05) is 20.8 Å². The van der Waals surface area contributed by atoms with Crippen LogP contribution in [0.15, 0.2) is 87.5 Å². The number of nitrogens with one attached hydrogen (secondary N) is 1. The highest BCUT2D eigenvalue weighted by atomic mass is 32.2. The number of nitrogens with zero attached hydrogens (tertiary/aromatic N) is 6. The zero-order valence-electron chi connectivity index (χ0n) is 35.3. The minimum atomic E-state index is -4.02. The molecule has 0 aliphatic carbocycles. The van der Waals surface area contributed by atoms with Gasteiger partial charge in [-0.25, -0.2) is 25.3 Å². The lowest BCUT2D eigenvalue weighted by Crippen LogP contribution is -2.41. The van der Waals surface area contributed by atoms with Gasteiger partial charge in [-0.3, -0.25) is 0 Å². The Morgan fingerprint density at radius 2 is 0.621 bits per heavy atom. The van der Waals surface area contributed by atoms with Crippen LogP contribution in [0, 0.1) is 20.8 Å². The van der Waals surface area contributed by atoms with Crippen molar-refractivity contribution in [3.63, 3.8) is 0 Å². The van der Waals surface area contributed by atoms with Gasteiger partial charge in [0, 0.05) is 105 Å². The first-order valence-corrected chi connectivity index (χ1v) is 24.1. The lowest BCUT2D eigenvalue weighted by molar-refractivity contribution is 0.277. The van der Waals surface area contributed by atoms with E-state index in [0.717, 1.165) is 42.7 Å². The second-order valence-corrected chi connectivity index (χ2v) is 20.7. The van der Waals surface area contributed by atoms with Gasteiger partial charge in [-0.05, 0) is 78.3 Å². The minimum Gasteiger partial charge on any atom is -0.329 e. The van der Waals surface area contributed by atoms with Gasteiger partial charge in [0.1, 0.15) is 0 Å². The van der Waals surface area contributed by atoms with Gasteiger partial charge in [0.15, 0.2) is 0 Å². The van der Waals surface area contributed by atoms with Gasteiger partial charge in [-0.1, -0.05) is 53.1 Å². The van der Waals surface area contributed by atoms with Crippen molar-refractivity contribution in [2.75, 3.05) is 126 Å². The lowest BCUT2D eigenvalue weighted by Gasteiger charge is -2.25. The molecule has 0 unspecified atom stereocenters. The third kappa shape index (κ3) is 15.3. The number of nitrogens with two attached hydrogens (primary N) is 2. The maximum Gasteiger partial charge on any atom is 0.243 e. The van der Waals surface area contributed by atoms with Crippen LogP contribution < -0.4 is 16.8 Å². The fourth-order valence-corrected chi connectivity index (χ4v) is 10.3. The molecule has 0 saturated carbocycles. The standard InChI is InChI=1S/C27H33N3O6S3.C9H21N3.C4H13N3/c1-22-4-10-25(11-5-22)37(31,32)28-16-18-29(38(33,34)26-12-6-23(2)7-13-26)20-21-30(19-17-28)39(35,36)27-14-8-24(3)9-15-27;1-10-4-6-11(2)8-9-12(3)7-5-10;5-1-3-7-4-2-6/h4-15H,16-21H2,1-3H3;4-9H2,1-3H3;7H,1-6H2. The summed E-state index contributed by atoms with van der Waals surface area (Å²) in [4.78, 5) is 7.39. The highest BCUT2D eigenvalue weighted by Crippen LogP contribution is 2.23. The zero-order chi connectivity index (χ0) is 42.9. The van der Waals surface area contributed by atoms with Crippen LogP contribution in [-0.2, 0) is 30.1 Å². The Morgan fingerprint density at radius 3 is 0.810 bits per heavy atom. The molecule has 3 aromatic carbocycles. The third-order valence-electron chi connectivity index (χ3n) is 10.0. The van der Waals surface area contributed by atoms with Crippen LogP contribution in [0.5, 0.6) is 0 Å². The van der Waals surface area contributed by atoms with Gasteiger partial charge in [0.2, 0.25) is 30.1 Å². The first-order valence-electron chi connectivity index (χ1n) is 19.8. The van der Waals surface area contributed by atoms with Gasteiger partial charge >= 0.3 is 0 Å². The molecule has 0 radical (unpaired) electrons. The number of benzene rings is 3. The van der Waals surface area contributed by atoms with Crippen LogP contribution in [0.4, 0.5) is 0 Å². The van der Waals surface area contributed by atoms with E-state index < -0.39 is 30.1 Å². The molecule has 2 fully saturated rings. The maximum absolute atomic E-state index is 13.6. The Bertz CT molecular complexity index is 1740. The molecule has 2 heterocycles. The third-order valence-corrected chi connectivity index (χ3v) is 15.7. The Labute approximate surface area is 349 Å². The molecule has 326 valence electrons. The average Bonchev–Trinajstić information content (AvgIpc) is 3.35. The van der Waals surface area contributed by atoms with E-state index >= 15 is 0 Å². The van der Waals surface area contributed by atoms with E-state index in [1.165, 1.54) is 75.7 Å². The van der Waals surface area contributed by atoms with Crippen molar-refractivity contribution < 1.29 is 25.3 Å². The Balaban J connectivity index is 0.000000388. The molecule has 0 amide bonds. The Hall–Kier alpha value is -2.85. The second kappa shape index (κ2) is 23.8. The molecule has 0 spiro atoms. The van der Waals surface area contributed by atoms with Crippen molar-refractivity contribution in [3.8, 4) is 0 Å². The fourth-order valence-electron chi connectivity index (χ4n) is 5.99.